The summed E-state index contributed by atoms with van der Waals surface area (Å²) in [5, 5.41) is 0. The van der Waals surface area contributed by atoms with Crippen molar-refractivity contribution in [3.63, 3.8) is 0 Å². The molecule has 0 unspecified atom stereocenters. The Kier molecular flexibility index (Phi) is 10.1. The first-order chi connectivity index (χ1) is 13.1. The molecule has 1 amide bonds. The van der Waals surface area contributed by atoms with Gasteiger partial charge >= 0.3 is 0 Å². The molecule has 6 nitrogen and oxygen atoms in total. The van der Waals surface area contributed by atoms with Crippen LogP contribution in [-0.2, 0) is 17.8 Å². The van der Waals surface area contributed by atoms with Gasteiger partial charge in [-0.05, 0) is 35.9 Å². The summed E-state index contributed by atoms with van der Waals surface area (Å²) in [4.78, 5) is 16.8. The number of anilines is 1. The number of halogens is 2. The van der Waals surface area contributed by atoms with Gasteiger partial charge in [-0.25, -0.2) is 0 Å². The fourth-order valence-corrected chi connectivity index (χ4v) is 3.32. The van der Waals surface area contributed by atoms with Gasteiger partial charge in [-0.2, -0.15) is 0 Å². The predicted molar refractivity (Wildman–Crippen MR) is 120 cm³/mol. The molecule has 0 spiro atoms. The SMILES string of the molecule is COc1ccc(OC)c(CN2CCN(C(=O)Cc3ccc(N)cc3)CC2)c1.Cl.Cl. The summed E-state index contributed by atoms with van der Waals surface area (Å²) in [6, 6.07) is 13.3. The predicted octanol–water partition coefficient (Wildman–Crippen LogP) is 3.02. The third-order valence-electron chi connectivity index (χ3n) is 4.94. The Morgan fingerprint density at radius 1 is 0.966 bits per heavy atom. The van der Waals surface area contributed by atoms with Crippen LogP contribution in [0.15, 0.2) is 42.5 Å². The van der Waals surface area contributed by atoms with Crippen LogP contribution in [0.5, 0.6) is 11.5 Å². The Labute approximate surface area is 184 Å². The lowest BCUT2D eigenvalue weighted by atomic mass is 10.1. The lowest BCUT2D eigenvalue weighted by Crippen LogP contribution is -2.48. The van der Waals surface area contributed by atoms with Crippen molar-refractivity contribution in [1.82, 2.24) is 9.80 Å². The second-order valence-corrected chi connectivity index (χ2v) is 6.75. The van der Waals surface area contributed by atoms with E-state index in [0.29, 0.717) is 12.1 Å². The Morgan fingerprint density at radius 2 is 1.62 bits per heavy atom. The first-order valence-corrected chi connectivity index (χ1v) is 9.14. The number of carbonyl (C=O) groups is 1. The fraction of sp³-hybridized carbons (Fsp3) is 0.381. The molecule has 8 heteroatoms. The summed E-state index contributed by atoms with van der Waals surface area (Å²) in [5.41, 5.74) is 8.51. The number of piperazine rings is 1. The van der Waals surface area contributed by atoms with Crippen molar-refractivity contribution in [2.75, 3.05) is 46.1 Å². The molecule has 0 saturated carbocycles. The molecule has 0 aliphatic carbocycles. The van der Waals surface area contributed by atoms with Crippen LogP contribution >= 0.6 is 24.8 Å². The smallest absolute Gasteiger partial charge is 0.227 e. The van der Waals surface area contributed by atoms with Crippen molar-refractivity contribution < 1.29 is 14.3 Å². The normalized spacial score (nSPS) is 13.8. The minimum Gasteiger partial charge on any atom is -0.497 e. The van der Waals surface area contributed by atoms with E-state index in [1.165, 1.54) is 0 Å². The van der Waals surface area contributed by atoms with Crippen LogP contribution in [0.25, 0.3) is 0 Å². The average molecular weight is 442 g/mol. The monoisotopic (exact) mass is 441 g/mol. The van der Waals surface area contributed by atoms with E-state index in [0.717, 1.165) is 55.3 Å². The quantitative estimate of drug-likeness (QED) is 0.697. The Balaban J connectivity index is 0.00000210. The molecule has 1 aliphatic rings. The number of benzene rings is 2. The van der Waals surface area contributed by atoms with Crippen molar-refractivity contribution in [2.24, 2.45) is 0 Å². The summed E-state index contributed by atoms with van der Waals surface area (Å²) in [6.45, 7) is 3.93. The van der Waals surface area contributed by atoms with Gasteiger partial charge in [0.25, 0.3) is 0 Å². The van der Waals surface area contributed by atoms with E-state index in [-0.39, 0.29) is 30.7 Å². The van der Waals surface area contributed by atoms with Gasteiger partial charge < -0.3 is 20.1 Å². The van der Waals surface area contributed by atoms with Crippen molar-refractivity contribution in [1.29, 1.82) is 0 Å². The van der Waals surface area contributed by atoms with E-state index in [1.54, 1.807) is 14.2 Å². The van der Waals surface area contributed by atoms with Crippen LogP contribution in [0.4, 0.5) is 5.69 Å². The maximum absolute atomic E-state index is 12.5. The Bertz CT molecular complexity index is 779. The van der Waals surface area contributed by atoms with Crippen LogP contribution in [0, 0.1) is 0 Å². The molecule has 0 bridgehead atoms. The number of ether oxygens (including phenoxy) is 2. The molecule has 1 fully saturated rings. The first-order valence-electron chi connectivity index (χ1n) is 9.14. The molecular formula is C21H29Cl2N3O3. The van der Waals surface area contributed by atoms with Gasteiger partial charge in [-0.3, -0.25) is 9.69 Å². The Hall–Kier alpha value is -2.15. The van der Waals surface area contributed by atoms with E-state index >= 15 is 0 Å². The number of amides is 1. The van der Waals surface area contributed by atoms with Gasteiger partial charge in [-0.15, -0.1) is 24.8 Å². The van der Waals surface area contributed by atoms with Gasteiger partial charge in [0.05, 0.1) is 20.6 Å². The second kappa shape index (κ2) is 11.8. The minimum absolute atomic E-state index is 0. The number of carbonyl (C=O) groups excluding carboxylic acids is 1. The number of hydrogen-bond acceptors (Lipinski definition) is 5. The highest BCUT2D eigenvalue weighted by Crippen LogP contribution is 2.25. The van der Waals surface area contributed by atoms with Crippen LogP contribution < -0.4 is 15.2 Å². The van der Waals surface area contributed by atoms with Crippen molar-refractivity contribution in [3.8, 4) is 11.5 Å². The summed E-state index contributed by atoms with van der Waals surface area (Å²) in [7, 11) is 3.34. The molecule has 0 aromatic heterocycles. The van der Waals surface area contributed by atoms with E-state index in [2.05, 4.69) is 4.90 Å². The second-order valence-electron chi connectivity index (χ2n) is 6.75. The van der Waals surface area contributed by atoms with Crippen molar-refractivity contribution in [2.45, 2.75) is 13.0 Å². The van der Waals surface area contributed by atoms with E-state index in [4.69, 9.17) is 15.2 Å². The van der Waals surface area contributed by atoms with Crippen LogP contribution in [0.1, 0.15) is 11.1 Å². The topological polar surface area (TPSA) is 68.0 Å². The lowest BCUT2D eigenvalue weighted by molar-refractivity contribution is -0.132. The van der Waals surface area contributed by atoms with Gasteiger partial charge in [0.1, 0.15) is 11.5 Å². The zero-order chi connectivity index (χ0) is 19.2. The molecule has 0 atom stereocenters. The highest BCUT2D eigenvalue weighted by Gasteiger charge is 2.22. The fourth-order valence-electron chi connectivity index (χ4n) is 3.32. The van der Waals surface area contributed by atoms with Gasteiger partial charge in [-0.1, -0.05) is 12.1 Å². The number of nitrogen functional groups attached to an aromatic ring is 1. The van der Waals surface area contributed by atoms with Crippen molar-refractivity contribution >= 4 is 36.4 Å². The highest BCUT2D eigenvalue weighted by atomic mass is 35.5. The van der Waals surface area contributed by atoms with Crippen molar-refractivity contribution in [3.05, 3.63) is 53.6 Å². The molecule has 1 heterocycles. The molecule has 160 valence electrons. The largest absolute Gasteiger partial charge is 0.497 e. The minimum atomic E-state index is 0. The number of nitrogens with zero attached hydrogens (tertiary/aromatic N) is 2. The molecule has 2 aromatic rings. The Morgan fingerprint density at radius 3 is 2.21 bits per heavy atom. The summed E-state index contributed by atoms with van der Waals surface area (Å²) >= 11 is 0. The molecule has 3 rings (SSSR count). The molecule has 1 saturated heterocycles. The third kappa shape index (κ3) is 6.70. The number of hydrogen-bond donors (Lipinski definition) is 1. The number of nitrogens with two attached hydrogens (primary N) is 1. The zero-order valence-electron chi connectivity index (χ0n) is 16.8. The van der Waals surface area contributed by atoms with E-state index in [1.807, 2.05) is 47.4 Å². The molecule has 2 aromatic carbocycles. The standard InChI is InChI=1S/C21H27N3O3.2ClH/c1-26-19-7-8-20(27-2)17(14-19)15-23-9-11-24(12-10-23)21(25)13-16-3-5-18(22)6-4-16;;/h3-8,14H,9-13,15,22H2,1-2H3;2*1H. The first kappa shape index (κ1) is 24.9. The molecule has 2 N–H and O–H groups in total. The van der Waals surface area contributed by atoms with E-state index < -0.39 is 0 Å². The van der Waals surface area contributed by atoms with Gasteiger partial charge in [0.15, 0.2) is 0 Å². The van der Waals surface area contributed by atoms with Gasteiger partial charge in [0, 0.05) is 44.0 Å². The number of methoxy groups -OCH3 is 2. The number of rotatable bonds is 6. The zero-order valence-corrected chi connectivity index (χ0v) is 18.4. The molecular weight excluding hydrogens is 413 g/mol. The molecule has 29 heavy (non-hydrogen) atoms. The summed E-state index contributed by atoms with van der Waals surface area (Å²) in [6.07, 6.45) is 0.421. The summed E-state index contributed by atoms with van der Waals surface area (Å²) in [5.74, 6) is 1.85. The highest BCUT2D eigenvalue weighted by molar-refractivity contribution is 5.85. The third-order valence-corrected chi connectivity index (χ3v) is 4.94. The van der Waals surface area contributed by atoms with E-state index in [9.17, 15) is 4.79 Å². The molecule has 0 radical (unpaired) electrons. The molecule has 1 aliphatic heterocycles. The summed E-state index contributed by atoms with van der Waals surface area (Å²) < 4.78 is 10.8. The van der Waals surface area contributed by atoms with Crippen LogP contribution in [-0.4, -0.2) is 56.1 Å². The average Bonchev–Trinajstić information content (AvgIpc) is 2.70. The van der Waals surface area contributed by atoms with Crippen LogP contribution in [0.3, 0.4) is 0 Å². The lowest BCUT2D eigenvalue weighted by Gasteiger charge is -2.35. The maximum atomic E-state index is 12.5. The maximum Gasteiger partial charge on any atom is 0.227 e. The van der Waals surface area contributed by atoms with Crippen LogP contribution in [0.2, 0.25) is 0 Å². The van der Waals surface area contributed by atoms with Gasteiger partial charge in [0.2, 0.25) is 5.91 Å².